The maximum absolute atomic E-state index is 13.5. The fraction of sp³-hybridized carbons (Fsp3) is 0.500. The third-order valence-corrected chi connectivity index (χ3v) is 7.25. The maximum Gasteiger partial charge on any atom is 0.435 e. The van der Waals surface area contributed by atoms with Crippen molar-refractivity contribution in [3.63, 3.8) is 0 Å². The van der Waals surface area contributed by atoms with Gasteiger partial charge in [-0.2, -0.15) is 18.3 Å². The average Bonchev–Trinajstić information content (AvgIpc) is 3.29. The molecule has 0 saturated heterocycles. The van der Waals surface area contributed by atoms with Crippen LogP contribution in [0.4, 0.5) is 22.0 Å². The number of alkyl halides is 5. The first-order valence-corrected chi connectivity index (χ1v) is 12.8. The molecule has 8 nitrogen and oxygen atoms in total. The number of nitrogens with one attached hydrogen (secondary N) is 1. The van der Waals surface area contributed by atoms with Gasteiger partial charge in [0.05, 0.1) is 11.3 Å². The molecule has 3 aromatic rings. The van der Waals surface area contributed by atoms with Crippen LogP contribution in [-0.2, 0) is 11.0 Å². The van der Waals surface area contributed by atoms with Gasteiger partial charge in [-0.1, -0.05) is 18.2 Å². The lowest BCUT2D eigenvalue weighted by Crippen LogP contribution is -2.27. The van der Waals surface area contributed by atoms with Crippen LogP contribution in [0.2, 0.25) is 0 Å². The number of para-hydroxylation sites is 1. The number of aromatic nitrogens is 4. The molecule has 2 aliphatic rings. The standard InChI is InChI=1S/C26H26F5N5O3/c27-25(28)13-19(25)24-34-33-23(39-24)16-10-8-15(9-11-16)20(37)7-4-12-32-22(38)18-14-36(17-5-2-1-3-6-17)35-21(18)26(29,30)31/h1-3,5-6,14-16,19H,4,7-13H2,(H,32,38). The minimum Gasteiger partial charge on any atom is -0.424 e. The average molecular weight is 552 g/mol. The molecule has 1 amide bonds. The highest BCUT2D eigenvalue weighted by Crippen LogP contribution is 2.55. The van der Waals surface area contributed by atoms with Crippen molar-refractivity contribution in [3.8, 4) is 5.69 Å². The first-order valence-electron chi connectivity index (χ1n) is 12.8. The number of carbonyl (C=O) groups excluding carboxylic acids is 2. The Balaban J connectivity index is 1.08. The number of rotatable bonds is 9. The minimum absolute atomic E-state index is 0.0133. The van der Waals surface area contributed by atoms with Crippen LogP contribution in [0.1, 0.15) is 84.6 Å². The van der Waals surface area contributed by atoms with Crippen LogP contribution in [0.15, 0.2) is 40.9 Å². The molecule has 1 aromatic carbocycles. The number of ketones is 1. The van der Waals surface area contributed by atoms with Gasteiger partial charge in [0.25, 0.3) is 11.8 Å². The molecular weight excluding hydrogens is 525 g/mol. The maximum atomic E-state index is 13.5. The number of hydrogen-bond donors (Lipinski definition) is 1. The predicted octanol–water partition coefficient (Wildman–Crippen LogP) is 5.45. The van der Waals surface area contributed by atoms with Crippen molar-refractivity contribution in [2.75, 3.05) is 6.54 Å². The van der Waals surface area contributed by atoms with E-state index in [1.54, 1.807) is 30.3 Å². The normalized spacial score (nSPS) is 22.4. The Hall–Kier alpha value is -3.64. The number of benzene rings is 1. The first-order chi connectivity index (χ1) is 18.5. The second-order valence-electron chi connectivity index (χ2n) is 10.0. The summed E-state index contributed by atoms with van der Waals surface area (Å²) in [6.07, 6.45) is -1.21. The van der Waals surface area contributed by atoms with Gasteiger partial charge in [0.1, 0.15) is 11.7 Å². The highest BCUT2D eigenvalue weighted by molar-refractivity contribution is 5.95. The number of amides is 1. The molecule has 13 heteroatoms. The fourth-order valence-corrected chi connectivity index (χ4v) is 4.92. The van der Waals surface area contributed by atoms with E-state index in [-0.39, 0.29) is 49.3 Å². The van der Waals surface area contributed by atoms with Crippen LogP contribution < -0.4 is 5.32 Å². The van der Waals surface area contributed by atoms with Crippen molar-refractivity contribution in [1.29, 1.82) is 0 Å². The second kappa shape index (κ2) is 10.5. The number of nitrogens with zero attached hydrogens (tertiary/aromatic N) is 4. The van der Waals surface area contributed by atoms with Crippen molar-refractivity contribution < 1.29 is 36.0 Å². The van der Waals surface area contributed by atoms with E-state index in [1.165, 1.54) is 0 Å². The Labute approximate surface area is 220 Å². The summed E-state index contributed by atoms with van der Waals surface area (Å²) in [6.45, 7) is 0.0320. The largest absolute Gasteiger partial charge is 0.435 e. The zero-order chi connectivity index (χ0) is 27.8. The molecule has 2 saturated carbocycles. The molecule has 1 unspecified atom stereocenters. The number of carbonyl (C=O) groups is 2. The van der Waals surface area contributed by atoms with Crippen LogP contribution in [0, 0.1) is 5.92 Å². The predicted molar refractivity (Wildman–Crippen MR) is 126 cm³/mol. The molecule has 1 N–H and O–H groups in total. The summed E-state index contributed by atoms with van der Waals surface area (Å²) in [6, 6.07) is 8.15. The molecular formula is C26H26F5N5O3. The molecule has 0 aliphatic heterocycles. The summed E-state index contributed by atoms with van der Waals surface area (Å²) in [7, 11) is 0. The van der Waals surface area contributed by atoms with Gasteiger partial charge in [0.2, 0.25) is 11.8 Å². The molecule has 208 valence electrons. The van der Waals surface area contributed by atoms with Gasteiger partial charge in [0.15, 0.2) is 5.69 Å². The van der Waals surface area contributed by atoms with Crippen LogP contribution >= 0.6 is 0 Å². The van der Waals surface area contributed by atoms with E-state index in [2.05, 4.69) is 20.6 Å². The Morgan fingerprint density at radius 3 is 2.36 bits per heavy atom. The first kappa shape index (κ1) is 26.9. The Morgan fingerprint density at radius 2 is 1.72 bits per heavy atom. The summed E-state index contributed by atoms with van der Waals surface area (Å²) in [5.74, 6) is -4.66. The summed E-state index contributed by atoms with van der Waals surface area (Å²) in [4.78, 5) is 25.2. The lowest BCUT2D eigenvalue weighted by molar-refractivity contribution is -0.141. The van der Waals surface area contributed by atoms with E-state index in [0.29, 0.717) is 37.3 Å². The smallest absolute Gasteiger partial charge is 0.424 e. The zero-order valence-electron chi connectivity index (χ0n) is 20.8. The fourth-order valence-electron chi connectivity index (χ4n) is 4.92. The molecule has 0 bridgehead atoms. The van der Waals surface area contributed by atoms with E-state index in [0.717, 1.165) is 10.9 Å². The molecule has 0 radical (unpaired) electrons. The molecule has 2 aromatic heterocycles. The minimum atomic E-state index is -4.81. The summed E-state index contributed by atoms with van der Waals surface area (Å²) in [5, 5.41) is 13.7. The van der Waals surface area contributed by atoms with Crippen LogP contribution in [-0.4, -0.2) is 44.1 Å². The van der Waals surface area contributed by atoms with E-state index >= 15 is 0 Å². The molecule has 39 heavy (non-hydrogen) atoms. The SMILES string of the molecule is O=C(NCCCC(=O)C1CCC(c2nnc(C3CC3(F)F)o2)CC1)c1cn(-c2ccccc2)nc1C(F)(F)F. The van der Waals surface area contributed by atoms with Gasteiger partial charge in [-0.15, -0.1) is 10.2 Å². The number of Topliss-reactive ketones (excluding diaryl/α,β-unsaturated/α-hetero) is 1. The summed E-state index contributed by atoms with van der Waals surface area (Å²) >= 11 is 0. The third-order valence-electron chi connectivity index (χ3n) is 7.25. The van der Waals surface area contributed by atoms with Crippen LogP contribution in [0.25, 0.3) is 5.69 Å². The van der Waals surface area contributed by atoms with Crippen molar-refractivity contribution in [2.24, 2.45) is 5.92 Å². The molecule has 0 spiro atoms. The van der Waals surface area contributed by atoms with Crippen molar-refractivity contribution in [2.45, 2.75) is 68.9 Å². The Morgan fingerprint density at radius 1 is 1.05 bits per heavy atom. The van der Waals surface area contributed by atoms with E-state index in [1.807, 2.05) is 0 Å². The zero-order valence-corrected chi connectivity index (χ0v) is 20.8. The van der Waals surface area contributed by atoms with Gasteiger partial charge in [-0.25, -0.2) is 13.5 Å². The monoisotopic (exact) mass is 551 g/mol. The van der Waals surface area contributed by atoms with Gasteiger partial charge < -0.3 is 9.73 Å². The van der Waals surface area contributed by atoms with Crippen LogP contribution in [0.5, 0.6) is 0 Å². The highest BCUT2D eigenvalue weighted by atomic mass is 19.4. The topological polar surface area (TPSA) is 103 Å². The molecule has 2 fully saturated rings. The van der Waals surface area contributed by atoms with Gasteiger partial charge in [-0.05, 0) is 44.2 Å². The Kier molecular flexibility index (Phi) is 7.25. The van der Waals surface area contributed by atoms with Crippen molar-refractivity contribution in [3.05, 3.63) is 59.6 Å². The van der Waals surface area contributed by atoms with E-state index in [4.69, 9.17) is 4.42 Å². The van der Waals surface area contributed by atoms with Gasteiger partial charge >= 0.3 is 6.18 Å². The Bertz CT molecular complexity index is 1330. The molecule has 2 heterocycles. The van der Waals surface area contributed by atoms with Gasteiger partial charge in [0, 0.05) is 37.4 Å². The lowest BCUT2D eigenvalue weighted by Gasteiger charge is -2.25. The number of halogens is 5. The van der Waals surface area contributed by atoms with Gasteiger partial charge in [-0.3, -0.25) is 9.59 Å². The van der Waals surface area contributed by atoms with Crippen LogP contribution in [0.3, 0.4) is 0 Å². The van der Waals surface area contributed by atoms with Crippen molar-refractivity contribution >= 4 is 11.7 Å². The summed E-state index contributed by atoms with van der Waals surface area (Å²) in [5.41, 5.74) is -1.49. The number of hydrogen-bond acceptors (Lipinski definition) is 6. The third kappa shape index (κ3) is 6.01. The lowest BCUT2D eigenvalue weighted by atomic mass is 9.79. The molecule has 1 atom stereocenters. The quantitative estimate of drug-likeness (QED) is 0.280. The molecule has 2 aliphatic carbocycles. The molecule has 5 rings (SSSR count). The van der Waals surface area contributed by atoms with Crippen molar-refractivity contribution in [1.82, 2.24) is 25.3 Å². The second-order valence-corrected chi connectivity index (χ2v) is 10.0. The highest BCUT2D eigenvalue weighted by Gasteiger charge is 2.61. The van der Waals surface area contributed by atoms with E-state index in [9.17, 15) is 31.5 Å². The van der Waals surface area contributed by atoms with E-state index < -0.39 is 35.2 Å². The summed E-state index contributed by atoms with van der Waals surface area (Å²) < 4.78 is 73.4.